The monoisotopic (exact) mass is 464 g/mol. The number of anilines is 1. The van der Waals surface area contributed by atoms with Crippen LogP contribution in [0.2, 0.25) is 0 Å². The summed E-state index contributed by atoms with van der Waals surface area (Å²) in [6, 6.07) is 10.6. The maximum absolute atomic E-state index is 13.0. The van der Waals surface area contributed by atoms with Gasteiger partial charge in [0.05, 0.1) is 13.0 Å². The summed E-state index contributed by atoms with van der Waals surface area (Å²) < 4.78 is 33.1. The number of hydrogen-bond acceptors (Lipinski definition) is 7. The van der Waals surface area contributed by atoms with E-state index in [1.165, 1.54) is 34.1 Å². The van der Waals surface area contributed by atoms with E-state index in [2.05, 4.69) is 5.32 Å². The molecule has 30 heavy (non-hydrogen) atoms. The summed E-state index contributed by atoms with van der Waals surface area (Å²) in [4.78, 5) is 25.3. The molecule has 3 aromatic rings. The highest BCUT2D eigenvalue weighted by atomic mass is 32.2. The van der Waals surface area contributed by atoms with Crippen LogP contribution in [0.25, 0.3) is 10.1 Å². The fourth-order valence-electron chi connectivity index (χ4n) is 3.56. The fraction of sp³-hybridized carbons (Fsp3) is 0.300. The molecule has 1 atom stereocenters. The highest BCUT2D eigenvalue weighted by molar-refractivity contribution is 7.91. The van der Waals surface area contributed by atoms with E-state index < -0.39 is 21.9 Å². The molecule has 0 saturated carbocycles. The fourth-order valence-corrected chi connectivity index (χ4v) is 7.33. The summed E-state index contributed by atoms with van der Waals surface area (Å²) >= 11 is 2.47. The Morgan fingerprint density at radius 3 is 2.73 bits per heavy atom. The third kappa shape index (κ3) is 3.87. The van der Waals surface area contributed by atoms with Crippen molar-refractivity contribution in [3.05, 3.63) is 47.3 Å². The Balaban J connectivity index is 1.56. The number of ether oxygens (including phenoxy) is 1. The number of methoxy groups -OCH3 is 1. The second-order valence-electron chi connectivity index (χ2n) is 6.92. The van der Waals surface area contributed by atoms with Crippen LogP contribution in [0.4, 0.5) is 5.00 Å². The van der Waals surface area contributed by atoms with Gasteiger partial charge < -0.3 is 10.1 Å². The molecule has 1 N–H and O–H groups in total. The molecule has 1 unspecified atom stereocenters. The largest absolute Gasteiger partial charge is 0.465 e. The molecule has 2 aromatic heterocycles. The number of esters is 1. The number of nitrogens with zero attached hydrogens (tertiary/aromatic N) is 1. The smallest absolute Gasteiger partial charge is 0.341 e. The highest BCUT2D eigenvalue weighted by Gasteiger charge is 2.34. The van der Waals surface area contributed by atoms with Crippen molar-refractivity contribution in [1.82, 2.24) is 4.31 Å². The standard InChI is InChI=1S/C20H20N2O5S3/c1-27-20(24)17-14-7-2-3-8-15(14)29-19(17)21-18(23)13-6-4-10-22(12-13)30(25,26)16-9-5-11-28-16/h2-3,5,7-9,11,13H,4,6,10,12H2,1H3,(H,21,23). The molecule has 158 valence electrons. The van der Waals surface area contributed by atoms with Crippen LogP contribution in [-0.2, 0) is 19.6 Å². The van der Waals surface area contributed by atoms with Gasteiger partial charge in [-0.1, -0.05) is 24.3 Å². The molecule has 1 aliphatic rings. The zero-order valence-corrected chi connectivity index (χ0v) is 18.6. The number of carbonyl (C=O) groups is 2. The van der Waals surface area contributed by atoms with Crippen LogP contribution in [0.5, 0.6) is 0 Å². The first-order valence-electron chi connectivity index (χ1n) is 9.36. The molecule has 1 aliphatic heterocycles. The zero-order chi connectivity index (χ0) is 21.3. The Hall–Kier alpha value is -2.27. The minimum absolute atomic E-state index is 0.116. The minimum atomic E-state index is -3.60. The lowest BCUT2D eigenvalue weighted by Gasteiger charge is -2.30. The van der Waals surface area contributed by atoms with Gasteiger partial charge in [-0.15, -0.1) is 22.7 Å². The van der Waals surface area contributed by atoms with E-state index in [0.717, 1.165) is 10.1 Å². The molecule has 7 nitrogen and oxygen atoms in total. The Bertz CT molecular complexity index is 1180. The van der Waals surface area contributed by atoms with Crippen LogP contribution < -0.4 is 5.32 Å². The Morgan fingerprint density at radius 1 is 1.20 bits per heavy atom. The van der Waals surface area contributed by atoms with Gasteiger partial charge in [0.2, 0.25) is 5.91 Å². The molecule has 1 aromatic carbocycles. The zero-order valence-electron chi connectivity index (χ0n) is 16.2. The number of sulfonamides is 1. The molecule has 1 amide bonds. The van der Waals surface area contributed by atoms with Crippen molar-refractivity contribution in [3.8, 4) is 0 Å². The predicted octanol–water partition coefficient (Wildman–Crippen LogP) is 3.79. The van der Waals surface area contributed by atoms with Gasteiger partial charge in [-0.25, -0.2) is 13.2 Å². The predicted molar refractivity (Wildman–Crippen MR) is 118 cm³/mol. The van der Waals surface area contributed by atoms with Crippen LogP contribution in [0.1, 0.15) is 23.2 Å². The van der Waals surface area contributed by atoms with Crippen molar-refractivity contribution in [2.24, 2.45) is 5.92 Å². The minimum Gasteiger partial charge on any atom is -0.465 e. The third-order valence-electron chi connectivity index (χ3n) is 5.07. The van der Waals surface area contributed by atoms with Crippen molar-refractivity contribution in [2.45, 2.75) is 17.1 Å². The first-order valence-corrected chi connectivity index (χ1v) is 12.5. The van der Waals surface area contributed by atoms with Gasteiger partial charge >= 0.3 is 5.97 Å². The van der Waals surface area contributed by atoms with Crippen molar-refractivity contribution < 1.29 is 22.7 Å². The van der Waals surface area contributed by atoms with E-state index in [9.17, 15) is 18.0 Å². The Kier molecular flexibility index (Phi) is 5.92. The molecule has 0 spiro atoms. The first kappa shape index (κ1) is 21.0. The van der Waals surface area contributed by atoms with Crippen molar-refractivity contribution in [1.29, 1.82) is 0 Å². The SMILES string of the molecule is COC(=O)c1c(NC(=O)C2CCCN(S(=O)(=O)c3cccs3)C2)sc2ccccc12. The summed E-state index contributed by atoms with van der Waals surface area (Å²) in [7, 11) is -2.30. The Morgan fingerprint density at radius 2 is 2.00 bits per heavy atom. The normalized spacial score (nSPS) is 17.7. The van der Waals surface area contributed by atoms with Crippen LogP contribution >= 0.6 is 22.7 Å². The van der Waals surface area contributed by atoms with E-state index in [1.807, 2.05) is 24.3 Å². The third-order valence-corrected chi connectivity index (χ3v) is 9.39. The van der Waals surface area contributed by atoms with E-state index in [4.69, 9.17) is 4.74 Å². The number of thiophene rings is 2. The first-order chi connectivity index (χ1) is 14.4. The molecule has 1 saturated heterocycles. The quantitative estimate of drug-likeness (QED) is 0.580. The number of carbonyl (C=O) groups excluding carboxylic acids is 2. The summed E-state index contributed by atoms with van der Waals surface area (Å²) in [5, 5.41) is 5.71. The van der Waals surface area contributed by atoms with Gasteiger partial charge in [0.25, 0.3) is 10.0 Å². The van der Waals surface area contributed by atoms with Crippen LogP contribution in [0, 0.1) is 5.92 Å². The number of nitrogens with one attached hydrogen (secondary N) is 1. The van der Waals surface area contributed by atoms with Crippen LogP contribution in [0.15, 0.2) is 46.0 Å². The number of piperidine rings is 1. The molecular formula is C20H20N2O5S3. The van der Waals surface area contributed by atoms with E-state index >= 15 is 0 Å². The molecule has 10 heteroatoms. The van der Waals surface area contributed by atoms with Gasteiger partial charge in [-0.05, 0) is 30.4 Å². The number of benzene rings is 1. The summed E-state index contributed by atoms with van der Waals surface area (Å²) in [5.41, 5.74) is 0.324. The lowest BCUT2D eigenvalue weighted by atomic mass is 9.99. The Labute approximate surface area is 182 Å². The summed E-state index contributed by atoms with van der Waals surface area (Å²) in [5.74, 6) is -1.31. The van der Waals surface area contributed by atoms with Crippen LogP contribution in [-0.4, -0.2) is 44.8 Å². The van der Waals surface area contributed by atoms with Crippen LogP contribution in [0.3, 0.4) is 0 Å². The number of fused-ring (bicyclic) bond motifs is 1. The van der Waals surface area contributed by atoms with Crippen molar-refractivity contribution >= 4 is 59.7 Å². The van der Waals surface area contributed by atoms with Gasteiger partial charge in [0.1, 0.15) is 14.8 Å². The lowest BCUT2D eigenvalue weighted by Crippen LogP contribution is -2.43. The van der Waals surface area contributed by atoms with Crippen molar-refractivity contribution in [2.75, 3.05) is 25.5 Å². The van der Waals surface area contributed by atoms with Gasteiger partial charge in [-0.3, -0.25) is 4.79 Å². The maximum Gasteiger partial charge on any atom is 0.341 e. The summed E-state index contributed by atoms with van der Waals surface area (Å²) in [6.45, 7) is 0.505. The van der Waals surface area contributed by atoms with E-state index in [0.29, 0.717) is 30.0 Å². The highest BCUT2D eigenvalue weighted by Crippen LogP contribution is 2.37. The number of rotatable bonds is 5. The topological polar surface area (TPSA) is 92.8 Å². The van der Waals surface area contributed by atoms with Crippen molar-refractivity contribution in [3.63, 3.8) is 0 Å². The number of amides is 1. The molecule has 0 bridgehead atoms. The van der Waals surface area contributed by atoms with Gasteiger partial charge in [0, 0.05) is 23.2 Å². The molecular weight excluding hydrogens is 444 g/mol. The molecule has 0 aliphatic carbocycles. The van der Waals surface area contributed by atoms with E-state index in [1.54, 1.807) is 17.5 Å². The van der Waals surface area contributed by atoms with Gasteiger partial charge in [-0.2, -0.15) is 4.31 Å². The number of hydrogen-bond donors (Lipinski definition) is 1. The molecule has 4 rings (SSSR count). The molecule has 3 heterocycles. The maximum atomic E-state index is 13.0. The molecule has 1 fully saturated rings. The average Bonchev–Trinajstić information content (AvgIpc) is 3.41. The second-order valence-corrected chi connectivity index (χ2v) is 11.1. The molecule has 0 radical (unpaired) electrons. The van der Waals surface area contributed by atoms with E-state index in [-0.39, 0.29) is 16.7 Å². The second kappa shape index (κ2) is 8.46. The average molecular weight is 465 g/mol. The lowest BCUT2D eigenvalue weighted by molar-refractivity contribution is -0.120. The van der Waals surface area contributed by atoms with Gasteiger partial charge in [0.15, 0.2) is 0 Å². The summed E-state index contributed by atoms with van der Waals surface area (Å²) in [6.07, 6.45) is 1.18.